The first kappa shape index (κ1) is 15.4. The highest BCUT2D eigenvalue weighted by Crippen LogP contribution is 2.25. The van der Waals surface area contributed by atoms with Crippen LogP contribution >= 0.6 is 11.3 Å². The van der Waals surface area contributed by atoms with Crippen LogP contribution in [-0.2, 0) is 7.05 Å². The second-order valence-corrected chi connectivity index (χ2v) is 6.79. The number of aryl methyl sites for hydroxylation is 1. The molecule has 0 fully saturated rings. The lowest BCUT2D eigenvalue weighted by Crippen LogP contribution is -1.95. The molecule has 4 rings (SSSR count). The monoisotopic (exact) mass is 341 g/mol. The number of carbonyl (C=O) groups is 1. The molecule has 0 saturated carbocycles. The summed E-state index contributed by atoms with van der Waals surface area (Å²) in [5.41, 5.74) is 3.68. The van der Waals surface area contributed by atoms with E-state index in [1.807, 2.05) is 73.2 Å². The Labute approximate surface area is 150 Å². The SMILES string of the molecule is Cn1ccc2cc(C#CC(=O)c3cccc(-c4cccs4)c3)ccc21. The molecule has 0 saturated heterocycles. The molecular formula is C22H15NOS. The van der Waals surface area contributed by atoms with E-state index in [4.69, 9.17) is 0 Å². The summed E-state index contributed by atoms with van der Waals surface area (Å²) >= 11 is 1.66. The third-order valence-electron chi connectivity index (χ3n) is 4.14. The van der Waals surface area contributed by atoms with E-state index in [0.717, 1.165) is 26.9 Å². The first-order valence-electron chi connectivity index (χ1n) is 7.96. The zero-order chi connectivity index (χ0) is 17.2. The van der Waals surface area contributed by atoms with Crippen molar-refractivity contribution in [3.8, 4) is 22.3 Å². The Kier molecular flexibility index (Phi) is 3.97. The average Bonchev–Trinajstić information content (AvgIpc) is 3.30. The molecule has 0 aliphatic carbocycles. The van der Waals surface area contributed by atoms with E-state index in [0.29, 0.717) is 5.56 Å². The Bertz CT molecular complexity index is 1120. The number of benzene rings is 2. The maximum Gasteiger partial charge on any atom is 0.236 e. The van der Waals surface area contributed by atoms with E-state index in [9.17, 15) is 4.79 Å². The van der Waals surface area contributed by atoms with Gasteiger partial charge in [-0.2, -0.15) is 0 Å². The molecule has 0 bridgehead atoms. The molecule has 2 aromatic carbocycles. The molecule has 0 aliphatic rings. The molecule has 0 aliphatic heterocycles. The lowest BCUT2D eigenvalue weighted by Gasteiger charge is -1.99. The van der Waals surface area contributed by atoms with E-state index >= 15 is 0 Å². The standard InChI is InChI=1S/C22H15NOS/c1-23-12-11-17-14-16(7-9-20(17)23)8-10-21(24)18-4-2-5-19(15-18)22-6-3-13-25-22/h2-7,9,11-15H,1H3. The quantitative estimate of drug-likeness (QED) is 0.365. The number of ketones is 1. The molecular weight excluding hydrogens is 326 g/mol. The molecule has 0 amide bonds. The van der Waals surface area contributed by atoms with E-state index < -0.39 is 0 Å². The fraction of sp³-hybridized carbons (Fsp3) is 0.0455. The van der Waals surface area contributed by atoms with Crippen LogP contribution in [0.2, 0.25) is 0 Å². The van der Waals surface area contributed by atoms with E-state index in [1.54, 1.807) is 11.3 Å². The van der Waals surface area contributed by atoms with Crippen molar-refractivity contribution in [2.45, 2.75) is 0 Å². The number of rotatable bonds is 2. The number of Topliss-reactive ketones (excluding diaryl/α,β-unsaturated/α-hetero) is 1. The Morgan fingerprint density at radius 1 is 1.04 bits per heavy atom. The van der Waals surface area contributed by atoms with Crippen molar-refractivity contribution in [2.75, 3.05) is 0 Å². The minimum absolute atomic E-state index is 0.161. The van der Waals surface area contributed by atoms with Gasteiger partial charge in [0.05, 0.1) is 0 Å². The molecule has 2 heterocycles. The van der Waals surface area contributed by atoms with Gasteiger partial charge in [0.15, 0.2) is 0 Å². The summed E-state index contributed by atoms with van der Waals surface area (Å²) in [6.07, 6.45) is 2.02. The van der Waals surface area contributed by atoms with Crippen LogP contribution < -0.4 is 0 Å². The van der Waals surface area contributed by atoms with Crippen LogP contribution in [0.5, 0.6) is 0 Å². The molecule has 0 radical (unpaired) electrons. The van der Waals surface area contributed by atoms with Crippen LogP contribution in [0.4, 0.5) is 0 Å². The van der Waals surface area contributed by atoms with Crippen LogP contribution in [0.3, 0.4) is 0 Å². The predicted octanol–water partition coefficient (Wildman–Crippen LogP) is 5.14. The summed E-state index contributed by atoms with van der Waals surface area (Å²) < 4.78 is 2.06. The largest absolute Gasteiger partial charge is 0.351 e. The van der Waals surface area contributed by atoms with Crippen LogP contribution in [0.25, 0.3) is 21.3 Å². The van der Waals surface area contributed by atoms with E-state index in [-0.39, 0.29) is 5.78 Å². The van der Waals surface area contributed by atoms with Crippen molar-refractivity contribution in [3.63, 3.8) is 0 Å². The highest BCUT2D eigenvalue weighted by Gasteiger charge is 2.05. The topological polar surface area (TPSA) is 22.0 Å². The Balaban J connectivity index is 1.61. The second-order valence-electron chi connectivity index (χ2n) is 5.84. The van der Waals surface area contributed by atoms with Gasteiger partial charge >= 0.3 is 0 Å². The van der Waals surface area contributed by atoms with Gasteiger partial charge in [0, 0.05) is 40.2 Å². The Morgan fingerprint density at radius 2 is 1.96 bits per heavy atom. The second kappa shape index (κ2) is 6.43. The van der Waals surface area contributed by atoms with Gasteiger partial charge in [0.25, 0.3) is 0 Å². The van der Waals surface area contributed by atoms with Gasteiger partial charge in [-0.25, -0.2) is 0 Å². The third kappa shape index (κ3) is 3.13. The van der Waals surface area contributed by atoms with Crippen molar-refractivity contribution in [3.05, 3.63) is 83.4 Å². The van der Waals surface area contributed by atoms with Crippen LogP contribution in [0, 0.1) is 11.8 Å². The fourth-order valence-corrected chi connectivity index (χ4v) is 3.54. The lowest BCUT2D eigenvalue weighted by atomic mass is 10.1. The Morgan fingerprint density at radius 3 is 2.80 bits per heavy atom. The molecule has 4 aromatic rings. The predicted molar refractivity (Wildman–Crippen MR) is 104 cm³/mol. The van der Waals surface area contributed by atoms with Crippen molar-refractivity contribution in [1.29, 1.82) is 0 Å². The summed E-state index contributed by atoms with van der Waals surface area (Å²) in [6, 6.07) is 19.7. The van der Waals surface area contributed by atoms with Gasteiger partial charge in [-0.15, -0.1) is 11.3 Å². The molecule has 2 nitrogen and oxygen atoms in total. The molecule has 3 heteroatoms. The minimum atomic E-state index is -0.161. The van der Waals surface area contributed by atoms with Crippen LogP contribution in [-0.4, -0.2) is 10.4 Å². The summed E-state index contributed by atoms with van der Waals surface area (Å²) in [5.74, 6) is 5.60. The first-order chi connectivity index (χ1) is 12.2. The highest BCUT2D eigenvalue weighted by atomic mass is 32.1. The zero-order valence-electron chi connectivity index (χ0n) is 13.7. The van der Waals surface area contributed by atoms with Gasteiger partial charge in [0.1, 0.15) is 0 Å². The molecule has 0 N–H and O–H groups in total. The zero-order valence-corrected chi connectivity index (χ0v) is 14.5. The average molecular weight is 341 g/mol. The Hall–Kier alpha value is -3.09. The number of nitrogens with zero attached hydrogens (tertiary/aromatic N) is 1. The van der Waals surface area contributed by atoms with E-state index in [1.165, 1.54) is 0 Å². The number of carbonyl (C=O) groups excluding carboxylic acids is 1. The highest BCUT2D eigenvalue weighted by molar-refractivity contribution is 7.13. The van der Waals surface area contributed by atoms with Crippen molar-refractivity contribution in [2.24, 2.45) is 7.05 Å². The third-order valence-corrected chi connectivity index (χ3v) is 5.05. The number of hydrogen-bond acceptors (Lipinski definition) is 2. The van der Waals surface area contributed by atoms with Crippen LogP contribution in [0.1, 0.15) is 15.9 Å². The van der Waals surface area contributed by atoms with Gasteiger partial charge in [-0.3, -0.25) is 4.79 Å². The van der Waals surface area contributed by atoms with Crippen LogP contribution in [0.15, 0.2) is 72.2 Å². The molecule has 0 spiro atoms. The number of aromatic nitrogens is 1. The number of hydrogen-bond donors (Lipinski definition) is 0. The maximum absolute atomic E-state index is 12.4. The summed E-state index contributed by atoms with van der Waals surface area (Å²) in [4.78, 5) is 13.6. The van der Waals surface area contributed by atoms with Crippen molar-refractivity contribution >= 4 is 28.0 Å². The minimum Gasteiger partial charge on any atom is -0.351 e. The van der Waals surface area contributed by atoms with E-state index in [2.05, 4.69) is 22.5 Å². The van der Waals surface area contributed by atoms with Gasteiger partial charge in [0.2, 0.25) is 5.78 Å². The first-order valence-corrected chi connectivity index (χ1v) is 8.84. The number of thiophene rings is 1. The van der Waals surface area contributed by atoms with Crippen molar-refractivity contribution < 1.29 is 4.79 Å². The summed E-state index contributed by atoms with van der Waals surface area (Å²) in [7, 11) is 2.01. The normalized spacial score (nSPS) is 10.4. The molecule has 2 aromatic heterocycles. The van der Waals surface area contributed by atoms with Gasteiger partial charge in [-0.05, 0) is 53.3 Å². The molecule has 0 unspecified atom stereocenters. The molecule has 25 heavy (non-hydrogen) atoms. The smallest absolute Gasteiger partial charge is 0.236 e. The lowest BCUT2D eigenvalue weighted by molar-refractivity contribution is 0.105. The van der Waals surface area contributed by atoms with Gasteiger partial charge in [-0.1, -0.05) is 30.2 Å². The molecule has 0 atom stereocenters. The fourth-order valence-electron chi connectivity index (χ4n) is 2.82. The summed E-state index contributed by atoms with van der Waals surface area (Å²) in [5, 5.41) is 3.16. The summed E-state index contributed by atoms with van der Waals surface area (Å²) in [6.45, 7) is 0. The van der Waals surface area contributed by atoms with Crippen molar-refractivity contribution in [1.82, 2.24) is 4.57 Å². The molecule has 120 valence electrons. The van der Waals surface area contributed by atoms with Gasteiger partial charge < -0.3 is 4.57 Å². The number of fused-ring (bicyclic) bond motifs is 1. The maximum atomic E-state index is 12.4.